The second kappa shape index (κ2) is 5.29. The van der Waals surface area contributed by atoms with Crippen LogP contribution in [-0.4, -0.2) is 25.0 Å². The van der Waals surface area contributed by atoms with Crippen molar-refractivity contribution in [3.63, 3.8) is 0 Å². The number of nitrogens with zero attached hydrogens (tertiary/aromatic N) is 4. The van der Waals surface area contributed by atoms with E-state index in [0.29, 0.717) is 23.0 Å². The highest BCUT2D eigenvalue weighted by atomic mass is 35.5. The molecule has 0 bridgehead atoms. The molecule has 0 atom stereocenters. The molecule has 0 radical (unpaired) electrons. The second-order valence-corrected chi connectivity index (χ2v) is 5.52. The molecule has 2 aromatic heterocycles. The lowest BCUT2D eigenvalue weighted by molar-refractivity contribution is 0.660. The molecule has 0 aliphatic rings. The van der Waals surface area contributed by atoms with Crippen LogP contribution in [0.2, 0.25) is 5.02 Å². The van der Waals surface area contributed by atoms with Crippen molar-refractivity contribution in [3.05, 3.63) is 51.0 Å². The van der Waals surface area contributed by atoms with Gasteiger partial charge in [0, 0.05) is 10.9 Å². The molecule has 108 valence electrons. The van der Waals surface area contributed by atoms with Crippen LogP contribution in [0.25, 0.3) is 11.2 Å². The normalized spacial score (nSPS) is 11.4. The largest absolute Gasteiger partial charge is 0.308 e. The first kappa shape index (κ1) is 13.8. The first-order valence-corrected chi connectivity index (χ1v) is 7.01. The molecule has 3 rings (SSSR count). The van der Waals surface area contributed by atoms with E-state index in [2.05, 4.69) is 20.3 Å². The third-order valence-electron chi connectivity index (χ3n) is 3.22. The topological polar surface area (TPSA) is 76.5 Å². The van der Waals surface area contributed by atoms with Crippen LogP contribution in [0.1, 0.15) is 31.2 Å². The van der Waals surface area contributed by atoms with Gasteiger partial charge < -0.3 is 4.98 Å². The maximum absolute atomic E-state index is 12.0. The van der Waals surface area contributed by atoms with Crippen molar-refractivity contribution >= 4 is 22.8 Å². The standard InChI is InChI=1S/C14H14ClN5O/c1-8(2)12-16-13-11(14(21)17-12)18-19-20(13)7-9-5-3-4-6-10(9)15/h3-6,8H,7H2,1-2H3,(H,16,17,21). The zero-order valence-electron chi connectivity index (χ0n) is 11.7. The predicted octanol–water partition coefficient (Wildman–Crippen LogP) is 2.34. The minimum atomic E-state index is -0.269. The van der Waals surface area contributed by atoms with Crippen molar-refractivity contribution in [1.82, 2.24) is 25.0 Å². The Morgan fingerprint density at radius 2 is 2.10 bits per heavy atom. The number of rotatable bonds is 3. The summed E-state index contributed by atoms with van der Waals surface area (Å²) in [4.78, 5) is 19.2. The van der Waals surface area contributed by atoms with Gasteiger partial charge in [0.1, 0.15) is 5.82 Å². The van der Waals surface area contributed by atoms with E-state index in [-0.39, 0.29) is 17.0 Å². The summed E-state index contributed by atoms with van der Waals surface area (Å²) in [6.45, 7) is 4.35. The molecule has 6 nitrogen and oxygen atoms in total. The number of halogens is 1. The lowest BCUT2D eigenvalue weighted by Crippen LogP contribution is -2.14. The summed E-state index contributed by atoms with van der Waals surface area (Å²) >= 11 is 6.16. The van der Waals surface area contributed by atoms with Crippen LogP contribution in [0.5, 0.6) is 0 Å². The molecule has 0 unspecified atom stereocenters. The lowest BCUT2D eigenvalue weighted by Gasteiger charge is -2.06. The van der Waals surface area contributed by atoms with Crippen molar-refractivity contribution in [2.24, 2.45) is 0 Å². The Hall–Kier alpha value is -2.21. The molecule has 1 N–H and O–H groups in total. The molecule has 0 spiro atoms. The molecule has 0 saturated carbocycles. The zero-order valence-corrected chi connectivity index (χ0v) is 12.4. The van der Waals surface area contributed by atoms with Gasteiger partial charge in [-0.1, -0.05) is 48.9 Å². The lowest BCUT2D eigenvalue weighted by atomic mass is 10.2. The number of aromatic amines is 1. The highest BCUT2D eigenvalue weighted by molar-refractivity contribution is 6.31. The van der Waals surface area contributed by atoms with Gasteiger partial charge >= 0.3 is 0 Å². The summed E-state index contributed by atoms with van der Waals surface area (Å²) in [6, 6.07) is 7.49. The number of hydrogen-bond donors (Lipinski definition) is 1. The van der Waals surface area contributed by atoms with E-state index in [1.165, 1.54) is 0 Å². The Kier molecular flexibility index (Phi) is 3.47. The quantitative estimate of drug-likeness (QED) is 0.805. The molecule has 2 heterocycles. The maximum atomic E-state index is 12.0. The summed E-state index contributed by atoms with van der Waals surface area (Å²) in [6.07, 6.45) is 0. The summed E-state index contributed by atoms with van der Waals surface area (Å²) in [7, 11) is 0. The summed E-state index contributed by atoms with van der Waals surface area (Å²) < 4.78 is 1.59. The van der Waals surface area contributed by atoms with E-state index in [4.69, 9.17) is 11.6 Å². The molecule has 0 aliphatic heterocycles. The number of hydrogen-bond acceptors (Lipinski definition) is 4. The van der Waals surface area contributed by atoms with Crippen LogP contribution in [0.4, 0.5) is 0 Å². The van der Waals surface area contributed by atoms with Gasteiger partial charge in [-0.3, -0.25) is 4.79 Å². The molecule has 0 aliphatic carbocycles. The monoisotopic (exact) mass is 303 g/mol. The Morgan fingerprint density at radius 3 is 2.81 bits per heavy atom. The zero-order chi connectivity index (χ0) is 15.0. The van der Waals surface area contributed by atoms with Crippen LogP contribution in [-0.2, 0) is 6.54 Å². The highest BCUT2D eigenvalue weighted by Crippen LogP contribution is 2.17. The molecule has 0 amide bonds. The van der Waals surface area contributed by atoms with E-state index in [1.54, 1.807) is 4.68 Å². The molecule has 3 aromatic rings. The third-order valence-corrected chi connectivity index (χ3v) is 3.59. The van der Waals surface area contributed by atoms with Crippen molar-refractivity contribution in [3.8, 4) is 0 Å². The molecule has 0 saturated heterocycles. The van der Waals surface area contributed by atoms with Crippen molar-refractivity contribution in [2.75, 3.05) is 0 Å². The fraction of sp³-hybridized carbons (Fsp3) is 0.286. The van der Waals surface area contributed by atoms with Crippen LogP contribution >= 0.6 is 11.6 Å². The van der Waals surface area contributed by atoms with Gasteiger partial charge in [-0.25, -0.2) is 9.67 Å². The van der Waals surface area contributed by atoms with E-state index in [9.17, 15) is 4.79 Å². The van der Waals surface area contributed by atoms with Gasteiger partial charge in [-0.15, -0.1) is 5.10 Å². The highest BCUT2D eigenvalue weighted by Gasteiger charge is 2.14. The number of benzene rings is 1. The smallest absolute Gasteiger partial charge is 0.281 e. The van der Waals surface area contributed by atoms with Crippen LogP contribution in [0, 0.1) is 0 Å². The summed E-state index contributed by atoms with van der Waals surface area (Å²) in [5, 5.41) is 8.57. The van der Waals surface area contributed by atoms with Crippen LogP contribution in [0.3, 0.4) is 0 Å². The Balaban J connectivity index is 2.11. The van der Waals surface area contributed by atoms with Gasteiger partial charge in [0.15, 0.2) is 11.2 Å². The second-order valence-electron chi connectivity index (χ2n) is 5.12. The maximum Gasteiger partial charge on any atom is 0.281 e. The molecule has 7 heteroatoms. The first-order chi connectivity index (χ1) is 10.1. The fourth-order valence-electron chi connectivity index (χ4n) is 2.05. The van der Waals surface area contributed by atoms with Gasteiger partial charge in [0.05, 0.1) is 6.54 Å². The van der Waals surface area contributed by atoms with Crippen LogP contribution in [0.15, 0.2) is 29.1 Å². The minimum absolute atomic E-state index is 0.116. The predicted molar refractivity (Wildman–Crippen MR) is 80.6 cm³/mol. The van der Waals surface area contributed by atoms with E-state index >= 15 is 0 Å². The molecular weight excluding hydrogens is 290 g/mol. The SMILES string of the molecule is CC(C)c1nc2c(nnn2Cc2ccccc2Cl)c(=O)[nH]1. The number of H-pyrrole nitrogens is 1. The molecular formula is C14H14ClN5O. The van der Waals surface area contributed by atoms with E-state index in [1.807, 2.05) is 38.1 Å². The van der Waals surface area contributed by atoms with Gasteiger partial charge in [-0.2, -0.15) is 0 Å². The summed E-state index contributed by atoms with van der Waals surface area (Å²) in [5.41, 5.74) is 1.35. The first-order valence-electron chi connectivity index (χ1n) is 6.63. The fourth-order valence-corrected chi connectivity index (χ4v) is 2.25. The number of aromatic nitrogens is 5. The van der Waals surface area contributed by atoms with E-state index in [0.717, 1.165) is 5.56 Å². The van der Waals surface area contributed by atoms with Crippen molar-refractivity contribution < 1.29 is 0 Å². The Labute approximate surface area is 125 Å². The number of nitrogens with one attached hydrogen (secondary N) is 1. The molecule has 0 fully saturated rings. The van der Waals surface area contributed by atoms with Crippen molar-refractivity contribution in [2.45, 2.75) is 26.3 Å². The van der Waals surface area contributed by atoms with Gasteiger partial charge in [0.2, 0.25) is 0 Å². The van der Waals surface area contributed by atoms with E-state index < -0.39 is 0 Å². The third kappa shape index (κ3) is 2.54. The van der Waals surface area contributed by atoms with Crippen molar-refractivity contribution in [1.29, 1.82) is 0 Å². The average molecular weight is 304 g/mol. The minimum Gasteiger partial charge on any atom is -0.308 e. The average Bonchev–Trinajstić information content (AvgIpc) is 2.85. The Morgan fingerprint density at radius 1 is 1.33 bits per heavy atom. The van der Waals surface area contributed by atoms with Gasteiger partial charge in [0.25, 0.3) is 5.56 Å². The molecule has 1 aromatic carbocycles. The van der Waals surface area contributed by atoms with Gasteiger partial charge in [-0.05, 0) is 11.6 Å². The van der Waals surface area contributed by atoms with Crippen LogP contribution < -0.4 is 5.56 Å². The summed E-state index contributed by atoms with van der Waals surface area (Å²) in [5.74, 6) is 0.737. The molecule has 21 heavy (non-hydrogen) atoms. The number of fused-ring (bicyclic) bond motifs is 1. The Bertz CT molecular complexity index is 852.